The van der Waals surface area contributed by atoms with Crippen LogP contribution in [0.15, 0.2) is 67.0 Å². The molecule has 0 spiro atoms. The lowest BCUT2D eigenvalue weighted by Crippen LogP contribution is -2.37. The quantitative estimate of drug-likeness (QED) is 0.407. The van der Waals surface area contributed by atoms with Crippen molar-refractivity contribution in [1.82, 2.24) is 9.88 Å². The van der Waals surface area contributed by atoms with E-state index in [1.165, 1.54) is 17.2 Å². The lowest BCUT2D eigenvalue weighted by atomic mass is 10.1. The van der Waals surface area contributed by atoms with E-state index in [0.29, 0.717) is 62.0 Å². The lowest BCUT2D eigenvalue weighted by Gasteiger charge is -2.30. The fourth-order valence-electron chi connectivity index (χ4n) is 6.33. The standard InChI is InChI=1S/C32H37FN4O2/c1-2-23-5-7-24(8-6-23)19-35-20-27-28(21-35)29(27)22-37(32(38)16-25-4-3-11-34-18-25)26-9-10-31(30(33)17-26)36-12-14-39-15-13-36/h3-11,17-18,27-29H,2,12-16,19-22H2,1H3. The van der Waals surface area contributed by atoms with E-state index < -0.39 is 0 Å². The summed E-state index contributed by atoms with van der Waals surface area (Å²) in [6, 6.07) is 18.0. The summed E-state index contributed by atoms with van der Waals surface area (Å²) in [4.78, 5) is 24.1. The van der Waals surface area contributed by atoms with E-state index in [0.717, 1.165) is 31.6 Å². The number of anilines is 2. The number of amides is 1. The molecule has 0 radical (unpaired) electrons. The Balaban J connectivity index is 1.14. The number of pyridine rings is 1. The van der Waals surface area contributed by atoms with Crippen LogP contribution in [0, 0.1) is 23.6 Å². The first-order chi connectivity index (χ1) is 19.1. The zero-order valence-corrected chi connectivity index (χ0v) is 22.6. The molecule has 0 N–H and O–H groups in total. The molecule has 6 rings (SSSR count). The number of hydrogen-bond donors (Lipinski definition) is 0. The van der Waals surface area contributed by atoms with Gasteiger partial charge in [0.05, 0.1) is 25.3 Å². The first kappa shape index (κ1) is 26.0. The van der Waals surface area contributed by atoms with Gasteiger partial charge >= 0.3 is 0 Å². The van der Waals surface area contributed by atoms with E-state index in [4.69, 9.17) is 4.74 Å². The number of rotatable bonds is 9. The first-order valence-electron chi connectivity index (χ1n) is 14.2. The molecule has 1 aromatic heterocycles. The molecule has 204 valence electrons. The summed E-state index contributed by atoms with van der Waals surface area (Å²) in [5, 5.41) is 0. The average Bonchev–Trinajstić information content (AvgIpc) is 3.41. The Morgan fingerprint density at radius 2 is 1.77 bits per heavy atom. The van der Waals surface area contributed by atoms with Crippen molar-refractivity contribution in [3.8, 4) is 0 Å². The Morgan fingerprint density at radius 3 is 2.44 bits per heavy atom. The minimum absolute atomic E-state index is 0.0145. The summed E-state index contributed by atoms with van der Waals surface area (Å²) in [6.45, 7) is 8.44. The predicted molar refractivity (Wildman–Crippen MR) is 151 cm³/mol. The molecule has 39 heavy (non-hydrogen) atoms. The summed E-state index contributed by atoms with van der Waals surface area (Å²) in [6.07, 6.45) is 4.75. The third kappa shape index (κ3) is 5.85. The van der Waals surface area contributed by atoms with Crippen LogP contribution in [0.5, 0.6) is 0 Å². The van der Waals surface area contributed by atoms with Crippen LogP contribution >= 0.6 is 0 Å². The van der Waals surface area contributed by atoms with Gasteiger partial charge in [0.15, 0.2) is 0 Å². The minimum Gasteiger partial charge on any atom is -0.378 e. The van der Waals surface area contributed by atoms with Gasteiger partial charge in [0, 0.05) is 57.3 Å². The molecule has 3 aliphatic rings. The normalized spacial score (nSPS) is 22.5. The Morgan fingerprint density at radius 1 is 1.03 bits per heavy atom. The molecule has 0 bridgehead atoms. The van der Waals surface area contributed by atoms with Crippen molar-refractivity contribution in [2.45, 2.75) is 26.3 Å². The van der Waals surface area contributed by atoms with Crippen molar-refractivity contribution in [1.29, 1.82) is 0 Å². The fraction of sp³-hybridized carbons (Fsp3) is 0.438. The van der Waals surface area contributed by atoms with Crippen molar-refractivity contribution >= 4 is 17.3 Å². The van der Waals surface area contributed by atoms with E-state index >= 15 is 4.39 Å². The molecule has 7 heteroatoms. The van der Waals surface area contributed by atoms with Crippen molar-refractivity contribution in [3.05, 3.63) is 89.5 Å². The second-order valence-electron chi connectivity index (χ2n) is 11.1. The van der Waals surface area contributed by atoms with Crippen molar-refractivity contribution in [2.75, 3.05) is 55.7 Å². The van der Waals surface area contributed by atoms with Crippen LogP contribution in [-0.2, 0) is 28.9 Å². The number of hydrogen-bond acceptors (Lipinski definition) is 5. The Hall–Kier alpha value is -3.29. The topological polar surface area (TPSA) is 48.9 Å². The molecule has 2 aromatic carbocycles. The van der Waals surface area contributed by atoms with E-state index in [-0.39, 0.29) is 18.1 Å². The summed E-state index contributed by atoms with van der Waals surface area (Å²) >= 11 is 0. The van der Waals surface area contributed by atoms with Gasteiger partial charge in [0.1, 0.15) is 5.82 Å². The number of morpholine rings is 1. The molecular weight excluding hydrogens is 491 g/mol. The second-order valence-corrected chi connectivity index (χ2v) is 11.1. The number of carbonyl (C=O) groups is 1. The van der Waals surface area contributed by atoms with Gasteiger partial charge < -0.3 is 14.5 Å². The molecule has 3 heterocycles. The summed E-state index contributed by atoms with van der Waals surface area (Å²) in [5.41, 5.74) is 4.81. The van der Waals surface area contributed by atoms with Crippen molar-refractivity contribution < 1.29 is 13.9 Å². The highest BCUT2D eigenvalue weighted by Gasteiger charge is 2.56. The van der Waals surface area contributed by atoms with Gasteiger partial charge in [0.25, 0.3) is 0 Å². The highest BCUT2D eigenvalue weighted by Crippen LogP contribution is 2.52. The van der Waals surface area contributed by atoms with Crippen LogP contribution in [0.1, 0.15) is 23.6 Å². The maximum atomic E-state index is 15.3. The molecule has 3 aromatic rings. The van der Waals surface area contributed by atoms with E-state index in [2.05, 4.69) is 41.1 Å². The zero-order chi connectivity index (χ0) is 26.8. The van der Waals surface area contributed by atoms with E-state index in [9.17, 15) is 4.79 Å². The first-order valence-corrected chi connectivity index (χ1v) is 14.2. The minimum atomic E-state index is -0.287. The molecule has 2 unspecified atom stereocenters. The van der Waals surface area contributed by atoms with Crippen molar-refractivity contribution in [2.24, 2.45) is 17.8 Å². The van der Waals surface area contributed by atoms with E-state index in [1.54, 1.807) is 12.4 Å². The molecule has 6 nitrogen and oxygen atoms in total. The van der Waals surface area contributed by atoms with Crippen molar-refractivity contribution in [3.63, 3.8) is 0 Å². The average molecular weight is 529 g/mol. The van der Waals surface area contributed by atoms with Crippen LogP contribution < -0.4 is 9.80 Å². The summed E-state index contributed by atoms with van der Waals surface area (Å²) < 4.78 is 20.8. The third-order valence-corrected chi connectivity index (χ3v) is 8.65. The molecule has 1 aliphatic carbocycles. The number of aromatic nitrogens is 1. The highest BCUT2D eigenvalue weighted by molar-refractivity contribution is 5.95. The maximum Gasteiger partial charge on any atom is 0.231 e. The molecular formula is C32H37FN4O2. The Bertz CT molecular complexity index is 1270. The highest BCUT2D eigenvalue weighted by atomic mass is 19.1. The van der Waals surface area contributed by atoms with Gasteiger partial charge in [-0.1, -0.05) is 37.3 Å². The smallest absolute Gasteiger partial charge is 0.231 e. The van der Waals surface area contributed by atoms with Gasteiger partial charge in [-0.25, -0.2) is 4.39 Å². The number of carbonyl (C=O) groups excluding carboxylic acids is 1. The summed E-state index contributed by atoms with van der Waals surface area (Å²) in [7, 11) is 0. The number of aryl methyl sites for hydroxylation is 1. The molecule has 2 atom stereocenters. The van der Waals surface area contributed by atoms with Gasteiger partial charge in [-0.3, -0.25) is 14.7 Å². The number of piperidine rings is 1. The zero-order valence-electron chi connectivity index (χ0n) is 22.6. The Kier molecular flexibility index (Phi) is 7.62. The van der Waals surface area contributed by atoms with Crippen LogP contribution in [0.3, 0.4) is 0 Å². The molecule has 1 saturated carbocycles. The molecule has 1 amide bonds. The molecule has 2 aliphatic heterocycles. The van der Waals surface area contributed by atoms with Gasteiger partial charge in [0.2, 0.25) is 5.91 Å². The van der Waals surface area contributed by atoms with Crippen LogP contribution in [-0.4, -0.2) is 61.7 Å². The SMILES string of the molecule is CCc1ccc(CN2CC3C(C2)C3CN(C(=O)Cc2cccnc2)c2ccc(N3CCOCC3)c(F)c2)cc1. The van der Waals surface area contributed by atoms with Gasteiger partial charge in [-0.15, -0.1) is 0 Å². The number of nitrogens with zero attached hydrogens (tertiary/aromatic N) is 4. The van der Waals surface area contributed by atoms with Gasteiger partial charge in [-0.05, 0) is 65.1 Å². The lowest BCUT2D eigenvalue weighted by molar-refractivity contribution is -0.118. The van der Waals surface area contributed by atoms with Crippen LogP contribution in [0.2, 0.25) is 0 Å². The van der Waals surface area contributed by atoms with Crippen LogP contribution in [0.25, 0.3) is 0 Å². The third-order valence-electron chi connectivity index (χ3n) is 8.65. The fourth-order valence-corrected chi connectivity index (χ4v) is 6.33. The number of halogens is 1. The van der Waals surface area contributed by atoms with Gasteiger partial charge in [-0.2, -0.15) is 0 Å². The number of likely N-dealkylation sites (tertiary alicyclic amines) is 1. The number of fused-ring (bicyclic) bond motifs is 1. The monoisotopic (exact) mass is 528 g/mol. The maximum absolute atomic E-state index is 15.3. The Labute approximate surface area is 230 Å². The number of benzene rings is 2. The summed E-state index contributed by atoms with van der Waals surface area (Å²) in [5.74, 6) is 1.32. The molecule has 3 fully saturated rings. The molecule has 2 saturated heterocycles. The predicted octanol–water partition coefficient (Wildman–Crippen LogP) is 4.57. The van der Waals surface area contributed by atoms with Crippen LogP contribution in [0.4, 0.5) is 15.8 Å². The largest absolute Gasteiger partial charge is 0.378 e. The van der Waals surface area contributed by atoms with E-state index in [1.807, 2.05) is 34.1 Å². The number of ether oxygens (including phenoxy) is 1. The second kappa shape index (κ2) is 11.4.